The van der Waals surface area contributed by atoms with E-state index in [1.165, 1.54) is 86.5 Å². The summed E-state index contributed by atoms with van der Waals surface area (Å²) in [7, 11) is 0. The molecule has 1 unspecified atom stereocenters. The molecule has 51 heavy (non-hydrogen) atoms. The predicted molar refractivity (Wildman–Crippen MR) is 238 cm³/mol. The van der Waals surface area contributed by atoms with Gasteiger partial charge in [0.1, 0.15) is 0 Å². The average Bonchev–Trinajstić information content (AvgIpc) is 3.16. The molecular formula is C51H84. The van der Waals surface area contributed by atoms with Gasteiger partial charge >= 0.3 is 0 Å². The molecule has 0 N–H and O–H groups in total. The quantitative estimate of drug-likeness (QED) is 0.0749. The molecule has 0 spiro atoms. The molecule has 3 aromatic rings. The van der Waals surface area contributed by atoms with Gasteiger partial charge in [0, 0.05) is 5.41 Å². The lowest BCUT2D eigenvalue weighted by Gasteiger charge is -2.37. The zero-order valence-electron chi connectivity index (χ0n) is 35.1. The van der Waals surface area contributed by atoms with E-state index in [1.54, 1.807) is 5.57 Å². The molecule has 3 aromatic carbocycles. The van der Waals surface area contributed by atoms with Crippen LogP contribution >= 0.6 is 0 Å². The maximum atomic E-state index is 4.54. The van der Waals surface area contributed by atoms with Crippen LogP contribution < -0.4 is 0 Å². The van der Waals surface area contributed by atoms with Crippen molar-refractivity contribution in [3.63, 3.8) is 0 Å². The molecule has 0 aromatic heterocycles. The van der Waals surface area contributed by atoms with Crippen molar-refractivity contribution in [3.8, 4) is 0 Å². The summed E-state index contributed by atoms with van der Waals surface area (Å²) < 4.78 is 0. The van der Waals surface area contributed by atoms with Crippen LogP contribution in [-0.2, 0) is 18.3 Å². The summed E-state index contributed by atoms with van der Waals surface area (Å²) in [6, 6.07) is 30.3. The number of hydrogen-bond donors (Lipinski definition) is 0. The molecule has 0 aliphatic rings. The van der Waals surface area contributed by atoms with Gasteiger partial charge in [0.15, 0.2) is 0 Å². The summed E-state index contributed by atoms with van der Waals surface area (Å²) in [4.78, 5) is 0. The summed E-state index contributed by atoms with van der Waals surface area (Å²) >= 11 is 0. The van der Waals surface area contributed by atoms with Gasteiger partial charge in [-0.2, -0.15) is 0 Å². The normalized spacial score (nSPS) is 11.2. The van der Waals surface area contributed by atoms with Gasteiger partial charge in [-0.15, -0.1) is 0 Å². The SMILES string of the molecule is C.C/C=C(\CCCC)C(C)CCCC.C=C(/C=C/C)C(Cc1ccccc1)(Cc1ccccc1)c1ccccc1C.CC.CC.CCCCCC. The van der Waals surface area contributed by atoms with Crippen LogP contribution in [0, 0.1) is 12.8 Å². The Morgan fingerprint density at radius 1 is 0.647 bits per heavy atom. The lowest BCUT2D eigenvalue weighted by molar-refractivity contribution is 0.504. The van der Waals surface area contributed by atoms with Crippen molar-refractivity contribution in [2.75, 3.05) is 0 Å². The van der Waals surface area contributed by atoms with Gasteiger partial charge in [0.25, 0.3) is 0 Å². The fourth-order valence-corrected chi connectivity index (χ4v) is 6.26. The summed E-state index contributed by atoms with van der Waals surface area (Å²) in [6.07, 6.45) is 22.1. The van der Waals surface area contributed by atoms with Crippen molar-refractivity contribution in [2.45, 2.75) is 173 Å². The second-order valence-corrected chi connectivity index (χ2v) is 13.0. The van der Waals surface area contributed by atoms with E-state index in [9.17, 15) is 0 Å². The molecule has 0 bridgehead atoms. The highest BCUT2D eigenvalue weighted by Crippen LogP contribution is 2.41. The highest BCUT2D eigenvalue weighted by atomic mass is 14.4. The van der Waals surface area contributed by atoms with Gasteiger partial charge < -0.3 is 0 Å². The molecule has 0 heteroatoms. The van der Waals surface area contributed by atoms with Crippen LogP contribution in [0.2, 0.25) is 0 Å². The van der Waals surface area contributed by atoms with Crippen LogP contribution in [0.4, 0.5) is 0 Å². The minimum Gasteiger partial charge on any atom is -0.0949 e. The van der Waals surface area contributed by atoms with Crippen LogP contribution in [0.3, 0.4) is 0 Å². The smallest absolute Gasteiger partial charge is 0.0280 e. The Labute approximate surface area is 321 Å². The van der Waals surface area contributed by atoms with E-state index in [-0.39, 0.29) is 12.8 Å². The Morgan fingerprint density at radius 3 is 1.47 bits per heavy atom. The maximum Gasteiger partial charge on any atom is 0.0280 e. The Hall–Kier alpha value is -3.12. The number of aryl methyl sites for hydroxylation is 1. The third-order valence-corrected chi connectivity index (χ3v) is 9.11. The maximum absolute atomic E-state index is 4.54. The van der Waals surface area contributed by atoms with Crippen LogP contribution in [0.15, 0.2) is 121 Å². The lowest BCUT2D eigenvalue weighted by atomic mass is 9.65. The Morgan fingerprint density at radius 2 is 1.08 bits per heavy atom. The molecule has 0 amide bonds. The molecule has 0 aliphatic heterocycles. The molecule has 3 rings (SSSR count). The van der Waals surface area contributed by atoms with Crippen LogP contribution in [0.5, 0.6) is 0 Å². The summed E-state index contributed by atoms with van der Waals surface area (Å²) in [5.41, 5.74) is 8.00. The van der Waals surface area contributed by atoms with Gasteiger partial charge in [0.2, 0.25) is 0 Å². The summed E-state index contributed by atoms with van der Waals surface area (Å²) in [5.74, 6) is 0.816. The number of hydrogen-bond acceptors (Lipinski definition) is 0. The van der Waals surface area contributed by atoms with Gasteiger partial charge in [0.05, 0.1) is 0 Å². The second-order valence-electron chi connectivity index (χ2n) is 13.0. The minimum absolute atomic E-state index is 0. The van der Waals surface area contributed by atoms with Gasteiger partial charge in [-0.25, -0.2) is 0 Å². The van der Waals surface area contributed by atoms with E-state index in [1.807, 2.05) is 27.7 Å². The lowest BCUT2D eigenvalue weighted by Crippen LogP contribution is -2.34. The van der Waals surface area contributed by atoms with Crippen LogP contribution in [0.25, 0.3) is 0 Å². The molecule has 0 fully saturated rings. The monoisotopic (exact) mass is 697 g/mol. The molecule has 1 atom stereocenters. The minimum atomic E-state index is -0.180. The van der Waals surface area contributed by atoms with Crippen molar-refractivity contribution in [1.29, 1.82) is 0 Å². The van der Waals surface area contributed by atoms with Crippen molar-refractivity contribution in [2.24, 2.45) is 5.92 Å². The predicted octanol–water partition coefficient (Wildman–Crippen LogP) is 17.1. The number of rotatable bonds is 17. The van der Waals surface area contributed by atoms with E-state index in [2.05, 4.69) is 165 Å². The number of benzene rings is 3. The van der Waals surface area contributed by atoms with Crippen molar-refractivity contribution >= 4 is 0 Å². The van der Waals surface area contributed by atoms with Gasteiger partial charge in [-0.3, -0.25) is 0 Å². The van der Waals surface area contributed by atoms with Crippen molar-refractivity contribution in [3.05, 3.63) is 143 Å². The Bertz CT molecular complexity index is 1180. The molecule has 0 aliphatic carbocycles. The fourth-order valence-electron chi connectivity index (χ4n) is 6.26. The first kappa shape index (κ1) is 52.2. The first-order valence-corrected chi connectivity index (χ1v) is 20.4. The third kappa shape index (κ3) is 21.8. The largest absolute Gasteiger partial charge is 0.0949 e. The molecule has 0 nitrogen and oxygen atoms in total. The second kappa shape index (κ2) is 35.3. The molecule has 0 saturated carbocycles. The standard InChI is InChI=1S/C27H28.C13H26.C6H14.2C2H6.CH4/c1-4-13-23(3)27(20-24-15-7-5-8-16-24,21-25-17-9-6-10-18-25)26-19-12-11-14-22(26)2;1-5-8-10-12(4)13(7-3)11-9-6-2;1-3-5-6-4-2;2*1-2;/h4-19H,3,20-21H2,1-2H3;7,12H,5-6,8-11H2,1-4H3;3-6H2,1-2H3;2*1-2H3;1H4/b13-4+;13-7+;;;;. The fraction of sp³-hybridized carbons (Fsp3) is 0.529. The molecule has 0 heterocycles. The highest BCUT2D eigenvalue weighted by Gasteiger charge is 2.35. The van der Waals surface area contributed by atoms with Gasteiger partial charge in [-0.05, 0) is 86.6 Å². The first-order chi connectivity index (χ1) is 24.3. The highest BCUT2D eigenvalue weighted by molar-refractivity contribution is 5.48. The van der Waals surface area contributed by atoms with Crippen LogP contribution in [0.1, 0.15) is 170 Å². The molecule has 288 valence electrons. The van der Waals surface area contributed by atoms with E-state index in [4.69, 9.17) is 0 Å². The number of unbranched alkanes of at least 4 members (excludes halogenated alkanes) is 5. The Kier molecular flexibility index (Phi) is 36.1. The van der Waals surface area contributed by atoms with Gasteiger partial charge in [-0.1, -0.05) is 230 Å². The van der Waals surface area contributed by atoms with Crippen molar-refractivity contribution in [1.82, 2.24) is 0 Å². The average molecular weight is 697 g/mol. The third-order valence-electron chi connectivity index (χ3n) is 9.11. The van der Waals surface area contributed by atoms with Crippen molar-refractivity contribution < 1.29 is 0 Å². The first-order valence-electron chi connectivity index (χ1n) is 20.4. The topological polar surface area (TPSA) is 0 Å². The number of allylic oxidation sites excluding steroid dienone is 5. The van der Waals surface area contributed by atoms with E-state index in [0.717, 1.165) is 24.3 Å². The molecular weight excluding hydrogens is 613 g/mol. The molecule has 0 radical (unpaired) electrons. The summed E-state index contributed by atoms with van der Waals surface area (Å²) in [6.45, 7) is 30.4. The summed E-state index contributed by atoms with van der Waals surface area (Å²) in [5, 5.41) is 0. The van der Waals surface area contributed by atoms with E-state index < -0.39 is 0 Å². The Balaban J connectivity index is -0.000000805. The zero-order chi connectivity index (χ0) is 38.0. The zero-order valence-corrected chi connectivity index (χ0v) is 35.1. The van der Waals surface area contributed by atoms with E-state index >= 15 is 0 Å². The van der Waals surface area contributed by atoms with E-state index in [0.29, 0.717) is 0 Å². The molecule has 0 saturated heterocycles. The van der Waals surface area contributed by atoms with Crippen LogP contribution in [-0.4, -0.2) is 0 Å².